The summed E-state index contributed by atoms with van der Waals surface area (Å²) in [5, 5.41) is 12.9. The van der Waals surface area contributed by atoms with Gasteiger partial charge in [0.25, 0.3) is 0 Å². The van der Waals surface area contributed by atoms with Crippen LogP contribution in [0.4, 0.5) is 0 Å². The Morgan fingerprint density at radius 1 is 1.69 bits per heavy atom. The molecule has 1 rings (SSSR count). The van der Waals surface area contributed by atoms with Crippen LogP contribution in [-0.2, 0) is 10.3 Å². The van der Waals surface area contributed by atoms with Gasteiger partial charge in [-0.1, -0.05) is 13.3 Å². The molecule has 5 nitrogen and oxygen atoms in total. The van der Waals surface area contributed by atoms with E-state index in [1.807, 2.05) is 6.92 Å². The Morgan fingerprint density at radius 3 is 2.77 bits per heavy atom. The van der Waals surface area contributed by atoms with Crippen molar-refractivity contribution in [1.29, 1.82) is 0 Å². The zero-order valence-electron chi connectivity index (χ0n) is 7.77. The van der Waals surface area contributed by atoms with Gasteiger partial charge < -0.3 is 5.11 Å². The van der Waals surface area contributed by atoms with Crippen LogP contribution in [-0.4, -0.2) is 25.8 Å². The van der Waals surface area contributed by atoms with Gasteiger partial charge in [-0.05, 0) is 13.3 Å². The first kappa shape index (κ1) is 9.70. The monoisotopic (exact) mass is 183 g/mol. The second kappa shape index (κ2) is 3.55. The third-order valence-electron chi connectivity index (χ3n) is 2.12. The number of nitrogens with zero attached hydrogens (tertiary/aromatic N) is 3. The van der Waals surface area contributed by atoms with E-state index in [9.17, 15) is 4.79 Å². The SMILES string of the molecule is CCCC(C)(C(=O)O)n1cncn1. The largest absolute Gasteiger partial charge is 0.479 e. The number of hydrogen-bond donors (Lipinski definition) is 1. The van der Waals surface area contributed by atoms with E-state index in [-0.39, 0.29) is 0 Å². The molecule has 1 heterocycles. The van der Waals surface area contributed by atoms with Gasteiger partial charge in [0.1, 0.15) is 12.7 Å². The molecule has 0 saturated heterocycles. The molecule has 0 aromatic carbocycles. The van der Waals surface area contributed by atoms with Crippen molar-refractivity contribution in [1.82, 2.24) is 14.8 Å². The summed E-state index contributed by atoms with van der Waals surface area (Å²) in [5.74, 6) is -0.875. The fourth-order valence-corrected chi connectivity index (χ4v) is 1.27. The highest BCUT2D eigenvalue weighted by molar-refractivity contribution is 5.75. The summed E-state index contributed by atoms with van der Waals surface area (Å²) in [6, 6.07) is 0. The molecule has 0 bridgehead atoms. The highest BCUT2D eigenvalue weighted by Gasteiger charge is 2.34. The van der Waals surface area contributed by atoms with Gasteiger partial charge in [-0.2, -0.15) is 5.10 Å². The van der Waals surface area contributed by atoms with Crippen molar-refractivity contribution < 1.29 is 9.90 Å². The first-order valence-electron chi connectivity index (χ1n) is 4.19. The second-order valence-corrected chi connectivity index (χ2v) is 3.17. The Balaban J connectivity index is 2.98. The number of aromatic nitrogens is 3. The standard InChI is InChI=1S/C8H13N3O2/c1-3-4-8(2,7(12)13)11-6-9-5-10-11/h5-6H,3-4H2,1-2H3,(H,12,13). The Labute approximate surface area is 76.4 Å². The lowest BCUT2D eigenvalue weighted by Crippen LogP contribution is -2.39. The van der Waals surface area contributed by atoms with Crippen molar-refractivity contribution in [3.05, 3.63) is 12.7 Å². The molecule has 0 aliphatic rings. The van der Waals surface area contributed by atoms with Crippen molar-refractivity contribution in [2.24, 2.45) is 0 Å². The first-order valence-corrected chi connectivity index (χ1v) is 4.19. The molecular formula is C8H13N3O2. The molecule has 5 heteroatoms. The third kappa shape index (κ3) is 1.68. The van der Waals surface area contributed by atoms with Gasteiger partial charge in [0.2, 0.25) is 0 Å². The summed E-state index contributed by atoms with van der Waals surface area (Å²) in [7, 11) is 0. The predicted octanol–water partition coefficient (Wildman–Crippen LogP) is 0.878. The second-order valence-electron chi connectivity index (χ2n) is 3.17. The number of aliphatic carboxylic acids is 1. The molecule has 0 amide bonds. The van der Waals surface area contributed by atoms with E-state index in [2.05, 4.69) is 10.1 Å². The Kier molecular flexibility index (Phi) is 2.65. The molecule has 1 N–H and O–H groups in total. The summed E-state index contributed by atoms with van der Waals surface area (Å²) in [4.78, 5) is 14.8. The molecule has 13 heavy (non-hydrogen) atoms. The maximum atomic E-state index is 11.0. The van der Waals surface area contributed by atoms with Crippen LogP contribution < -0.4 is 0 Å². The number of carboxylic acids is 1. The van der Waals surface area contributed by atoms with E-state index in [4.69, 9.17) is 5.11 Å². The van der Waals surface area contributed by atoms with Crippen LogP contribution in [0.1, 0.15) is 26.7 Å². The lowest BCUT2D eigenvalue weighted by atomic mass is 9.97. The maximum Gasteiger partial charge on any atom is 0.331 e. The first-order chi connectivity index (χ1) is 6.11. The van der Waals surface area contributed by atoms with Crippen LogP contribution in [0.25, 0.3) is 0 Å². The van der Waals surface area contributed by atoms with Gasteiger partial charge in [-0.3, -0.25) is 0 Å². The molecule has 1 aromatic rings. The van der Waals surface area contributed by atoms with Gasteiger partial charge in [0, 0.05) is 0 Å². The molecule has 0 saturated carbocycles. The maximum absolute atomic E-state index is 11.0. The number of rotatable bonds is 4. The fraction of sp³-hybridized carbons (Fsp3) is 0.625. The van der Waals surface area contributed by atoms with Gasteiger partial charge >= 0.3 is 5.97 Å². The highest BCUT2D eigenvalue weighted by Crippen LogP contribution is 2.20. The zero-order valence-corrected chi connectivity index (χ0v) is 7.77. The van der Waals surface area contributed by atoms with Crippen LogP contribution in [0.3, 0.4) is 0 Å². The van der Waals surface area contributed by atoms with E-state index in [0.717, 1.165) is 6.42 Å². The smallest absolute Gasteiger partial charge is 0.331 e. The van der Waals surface area contributed by atoms with Gasteiger partial charge in [0.05, 0.1) is 0 Å². The molecular weight excluding hydrogens is 170 g/mol. The van der Waals surface area contributed by atoms with E-state index in [0.29, 0.717) is 6.42 Å². The fourth-order valence-electron chi connectivity index (χ4n) is 1.27. The van der Waals surface area contributed by atoms with Crippen molar-refractivity contribution in [2.75, 3.05) is 0 Å². The molecule has 0 aliphatic heterocycles. The van der Waals surface area contributed by atoms with Gasteiger partial charge in [0.15, 0.2) is 5.54 Å². The molecule has 0 radical (unpaired) electrons. The van der Waals surface area contributed by atoms with Crippen molar-refractivity contribution >= 4 is 5.97 Å². The number of carboxylic acid groups (broad SMARTS) is 1. The minimum atomic E-state index is -0.967. The highest BCUT2D eigenvalue weighted by atomic mass is 16.4. The summed E-state index contributed by atoms with van der Waals surface area (Å²) in [5.41, 5.74) is -0.967. The van der Waals surface area contributed by atoms with Crippen molar-refractivity contribution in [3.8, 4) is 0 Å². The normalized spacial score (nSPS) is 15.2. The van der Waals surface area contributed by atoms with Gasteiger partial charge in [-0.25, -0.2) is 14.5 Å². The Hall–Kier alpha value is -1.39. The molecule has 1 aromatic heterocycles. The molecule has 1 unspecified atom stereocenters. The quantitative estimate of drug-likeness (QED) is 0.752. The minimum Gasteiger partial charge on any atom is -0.479 e. The Morgan fingerprint density at radius 2 is 2.38 bits per heavy atom. The van der Waals surface area contributed by atoms with Crippen LogP contribution in [0, 0.1) is 0 Å². The van der Waals surface area contributed by atoms with E-state index in [1.54, 1.807) is 6.92 Å². The molecule has 72 valence electrons. The van der Waals surface area contributed by atoms with Crippen LogP contribution in [0.2, 0.25) is 0 Å². The average molecular weight is 183 g/mol. The van der Waals surface area contributed by atoms with Crippen LogP contribution in [0.15, 0.2) is 12.7 Å². The number of hydrogen-bond acceptors (Lipinski definition) is 3. The summed E-state index contributed by atoms with van der Waals surface area (Å²) in [6.07, 6.45) is 4.12. The lowest BCUT2D eigenvalue weighted by Gasteiger charge is -2.23. The summed E-state index contributed by atoms with van der Waals surface area (Å²) < 4.78 is 1.39. The molecule has 0 aliphatic carbocycles. The van der Waals surface area contributed by atoms with E-state index < -0.39 is 11.5 Å². The third-order valence-corrected chi connectivity index (χ3v) is 2.12. The average Bonchev–Trinajstić information content (AvgIpc) is 2.56. The van der Waals surface area contributed by atoms with E-state index >= 15 is 0 Å². The van der Waals surface area contributed by atoms with Crippen LogP contribution >= 0.6 is 0 Å². The summed E-state index contributed by atoms with van der Waals surface area (Å²) >= 11 is 0. The lowest BCUT2D eigenvalue weighted by molar-refractivity contribution is -0.147. The summed E-state index contributed by atoms with van der Waals surface area (Å²) in [6.45, 7) is 3.59. The zero-order chi connectivity index (χ0) is 9.90. The topological polar surface area (TPSA) is 68.0 Å². The van der Waals surface area contributed by atoms with Crippen LogP contribution in [0.5, 0.6) is 0 Å². The number of carbonyl (C=O) groups is 1. The van der Waals surface area contributed by atoms with Gasteiger partial charge in [-0.15, -0.1) is 0 Å². The Bertz CT molecular complexity index is 284. The van der Waals surface area contributed by atoms with Crippen molar-refractivity contribution in [3.63, 3.8) is 0 Å². The molecule has 0 fully saturated rings. The van der Waals surface area contributed by atoms with Crippen molar-refractivity contribution in [2.45, 2.75) is 32.2 Å². The molecule has 0 spiro atoms. The predicted molar refractivity (Wildman–Crippen MR) is 46.2 cm³/mol. The minimum absolute atomic E-state index is 0.547. The molecule has 1 atom stereocenters. The van der Waals surface area contributed by atoms with E-state index in [1.165, 1.54) is 17.3 Å².